The molecule has 0 unspecified atom stereocenters. The molecular weight excluding hydrogens is 258 g/mol. The molecule has 0 aliphatic heterocycles. The van der Waals surface area contributed by atoms with Gasteiger partial charge in [0.15, 0.2) is 0 Å². The minimum atomic E-state index is 0.852. The van der Waals surface area contributed by atoms with Crippen LogP contribution in [-0.4, -0.2) is 16.3 Å². The molecule has 1 N–H and O–H groups in total. The number of rotatable bonds is 8. The lowest BCUT2D eigenvalue weighted by Crippen LogP contribution is -2.18. The molecule has 1 aliphatic rings. The van der Waals surface area contributed by atoms with Crippen LogP contribution in [0.25, 0.3) is 0 Å². The summed E-state index contributed by atoms with van der Waals surface area (Å²) < 4.78 is 2.35. The van der Waals surface area contributed by atoms with E-state index in [2.05, 4.69) is 30.8 Å². The highest BCUT2D eigenvalue weighted by atomic mass is 15.3. The number of nitrogens with zero attached hydrogens (tertiary/aromatic N) is 2. The topological polar surface area (TPSA) is 29.9 Å². The molecule has 3 nitrogen and oxygen atoms in total. The Labute approximate surface area is 130 Å². The zero-order valence-electron chi connectivity index (χ0n) is 14.2. The molecule has 0 radical (unpaired) electrons. The summed E-state index contributed by atoms with van der Waals surface area (Å²) in [6, 6.07) is 0. The maximum Gasteiger partial charge on any atom is 0.0669 e. The van der Waals surface area contributed by atoms with Crippen LogP contribution in [0.5, 0.6) is 0 Å². The average molecular weight is 291 g/mol. The molecule has 0 spiro atoms. The number of aryl methyl sites for hydroxylation is 1. The first-order chi connectivity index (χ1) is 10.3. The Bertz CT molecular complexity index is 416. The largest absolute Gasteiger partial charge is 0.313 e. The lowest BCUT2D eigenvalue weighted by atomic mass is 9.89. The minimum Gasteiger partial charge on any atom is -0.313 e. The zero-order chi connectivity index (χ0) is 15.1. The predicted molar refractivity (Wildman–Crippen MR) is 89.6 cm³/mol. The summed E-state index contributed by atoms with van der Waals surface area (Å²) in [4.78, 5) is 0. The van der Waals surface area contributed by atoms with E-state index in [0.717, 1.165) is 38.4 Å². The quantitative estimate of drug-likeness (QED) is 0.731. The van der Waals surface area contributed by atoms with Crippen molar-refractivity contribution in [2.24, 2.45) is 5.92 Å². The molecule has 0 amide bonds. The Morgan fingerprint density at radius 2 is 1.86 bits per heavy atom. The van der Waals surface area contributed by atoms with Gasteiger partial charge in [0.2, 0.25) is 0 Å². The van der Waals surface area contributed by atoms with E-state index in [1.807, 2.05) is 0 Å². The van der Waals surface area contributed by atoms with Crippen molar-refractivity contribution in [2.75, 3.05) is 6.54 Å². The van der Waals surface area contributed by atoms with Crippen LogP contribution < -0.4 is 5.32 Å². The summed E-state index contributed by atoms with van der Waals surface area (Å²) in [5, 5.41) is 8.51. The number of nitrogens with one attached hydrogen (secondary N) is 1. The van der Waals surface area contributed by atoms with Gasteiger partial charge in [-0.05, 0) is 44.6 Å². The second-order valence-electron chi connectivity index (χ2n) is 6.44. The van der Waals surface area contributed by atoms with E-state index in [9.17, 15) is 0 Å². The molecule has 0 atom stereocenters. The Morgan fingerprint density at radius 3 is 2.48 bits per heavy atom. The second-order valence-corrected chi connectivity index (χ2v) is 6.44. The van der Waals surface area contributed by atoms with Crippen LogP contribution >= 0.6 is 0 Å². The standard InChI is InChI=1S/C18H33N3/c1-4-12-19-13-16-17(5-2)20-21(18(16)6-3)14-15-10-8-7-9-11-15/h15,19H,4-14H2,1-3H3. The molecule has 1 saturated carbocycles. The van der Waals surface area contributed by atoms with Crippen molar-refractivity contribution >= 4 is 0 Å². The molecule has 1 aromatic rings. The summed E-state index contributed by atoms with van der Waals surface area (Å²) in [5.41, 5.74) is 4.26. The highest BCUT2D eigenvalue weighted by molar-refractivity contribution is 5.26. The molecule has 1 fully saturated rings. The summed E-state index contributed by atoms with van der Waals surface area (Å²) in [5.74, 6) is 0.852. The van der Waals surface area contributed by atoms with E-state index in [0.29, 0.717) is 0 Å². The highest BCUT2D eigenvalue weighted by Gasteiger charge is 2.19. The lowest BCUT2D eigenvalue weighted by Gasteiger charge is -2.22. The smallest absolute Gasteiger partial charge is 0.0669 e. The predicted octanol–water partition coefficient (Wildman–Crippen LogP) is 4.09. The molecule has 120 valence electrons. The van der Waals surface area contributed by atoms with Gasteiger partial charge in [0, 0.05) is 24.3 Å². The first kappa shape index (κ1) is 16.5. The molecule has 21 heavy (non-hydrogen) atoms. The van der Waals surface area contributed by atoms with Crippen molar-refractivity contribution in [1.82, 2.24) is 15.1 Å². The van der Waals surface area contributed by atoms with E-state index in [1.54, 1.807) is 0 Å². The fourth-order valence-corrected chi connectivity index (χ4v) is 3.63. The third-order valence-corrected chi connectivity index (χ3v) is 4.80. The molecule has 2 rings (SSSR count). The molecule has 0 bridgehead atoms. The Balaban J connectivity index is 2.11. The third kappa shape index (κ3) is 4.32. The zero-order valence-corrected chi connectivity index (χ0v) is 14.2. The van der Waals surface area contributed by atoms with Crippen molar-refractivity contribution in [2.45, 2.75) is 85.2 Å². The molecular formula is C18H33N3. The number of aromatic nitrogens is 2. The van der Waals surface area contributed by atoms with Crippen molar-refractivity contribution in [1.29, 1.82) is 0 Å². The minimum absolute atomic E-state index is 0.852. The van der Waals surface area contributed by atoms with E-state index in [-0.39, 0.29) is 0 Å². The van der Waals surface area contributed by atoms with Crippen LogP contribution in [0.1, 0.15) is 76.2 Å². The van der Waals surface area contributed by atoms with Gasteiger partial charge in [-0.15, -0.1) is 0 Å². The van der Waals surface area contributed by atoms with Gasteiger partial charge in [-0.1, -0.05) is 40.0 Å². The summed E-state index contributed by atoms with van der Waals surface area (Å²) in [6.45, 7) is 9.96. The summed E-state index contributed by atoms with van der Waals surface area (Å²) in [6.07, 6.45) is 10.4. The van der Waals surface area contributed by atoms with Crippen LogP contribution in [0.4, 0.5) is 0 Å². The fraction of sp³-hybridized carbons (Fsp3) is 0.833. The van der Waals surface area contributed by atoms with Crippen LogP contribution in [-0.2, 0) is 25.9 Å². The highest BCUT2D eigenvalue weighted by Crippen LogP contribution is 2.26. The van der Waals surface area contributed by atoms with E-state index < -0.39 is 0 Å². The lowest BCUT2D eigenvalue weighted by molar-refractivity contribution is 0.304. The van der Waals surface area contributed by atoms with Crippen molar-refractivity contribution in [3.8, 4) is 0 Å². The van der Waals surface area contributed by atoms with Gasteiger partial charge < -0.3 is 5.32 Å². The third-order valence-electron chi connectivity index (χ3n) is 4.80. The maximum absolute atomic E-state index is 4.95. The molecule has 3 heteroatoms. The van der Waals surface area contributed by atoms with Crippen molar-refractivity contribution < 1.29 is 0 Å². The van der Waals surface area contributed by atoms with Gasteiger partial charge in [-0.3, -0.25) is 4.68 Å². The SMILES string of the molecule is CCCNCc1c(CC)nn(CC2CCCCC2)c1CC. The van der Waals surface area contributed by atoms with Gasteiger partial charge in [0.1, 0.15) is 0 Å². The van der Waals surface area contributed by atoms with Gasteiger partial charge in [-0.25, -0.2) is 0 Å². The van der Waals surface area contributed by atoms with E-state index in [4.69, 9.17) is 5.10 Å². The second kappa shape index (κ2) is 8.57. The van der Waals surface area contributed by atoms with Gasteiger partial charge in [0.05, 0.1) is 5.69 Å². The molecule has 1 aliphatic carbocycles. The summed E-state index contributed by atoms with van der Waals surface area (Å²) in [7, 11) is 0. The van der Waals surface area contributed by atoms with Gasteiger partial charge in [-0.2, -0.15) is 5.10 Å². The number of hydrogen-bond acceptors (Lipinski definition) is 2. The van der Waals surface area contributed by atoms with Crippen LogP contribution in [0, 0.1) is 5.92 Å². The molecule has 1 heterocycles. The normalized spacial score (nSPS) is 16.5. The van der Waals surface area contributed by atoms with Gasteiger partial charge >= 0.3 is 0 Å². The molecule has 0 saturated heterocycles. The van der Waals surface area contributed by atoms with E-state index >= 15 is 0 Å². The summed E-state index contributed by atoms with van der Waals surface area (Å²) >= 11 is 0. The van der Waals surface area contributed by atoms with Crippen LogP contribution in [0.2, 0.25) is 0 Å². The fourth-order valence-electron chi connectivity index (χ4n) is 3.63. The first-order valence-electron chi connectivity index (χ1n) is 9.08. The first-order valence-corrected chi connectivity index (χ1v) is 9.08. The van der Waals surface area contributed by atoms with Crippen molar-refractivity contribution in [3.63, 3.8) is 0 Å². The molecule has 1 aromatic heterocycles. The number of hydrogen-bond donors (Lipinski definition) is 1. The Morgan fingerprint density at radius 1 is 1.10 bits per heavy atom. The Kier molecular flexibility index (Phi) is 6.75. The monoisotopic (exact) mass is 291 g/mol. The van der Waals surface area contributed by atoms with Crippen molar-refractivity contribution in [3.05, 3.63) is 17.0 Å². The van der Waals surface area contributed by atoms with Crippen LogP contribution in [0.3, 0.4) is 0 Å². The average Bonchev–Trinajstić information content (AvgIpc) is 2.85. The van der Waals surface area contributed by atoms with Crippen LogP contribution in [0.15, 0.2) is 0 Å². The van der Waals surface area contributed by atoms with E-state index in [1.165, 1.54) is 55.5 Å². The van der Waals surface area contributed by atoms with Gasteiger partial charge in [0.25, 0.3) is 0 Å². The Hall–Kier alpha value is -0.830. The maximum atomic E-state index is 4.95. The molecule has 0 aromatic carbocycles.